The van der Waals surface area contributed by atoms with Gasteiger partial charge in [-0.15, -0.1) is 0 Å². The van der Waals surface area contributed by atoms with E-state index >= 15 is 0 Å². The number of benzene rings is 3. The lowest BCUT2D eigenvalue weighted by Crippen LogP contribution is -2.32. The van der Waals surface area contributed by atoms with E-state index in [-0.39, 0.29) is 18.1 Å². The molecule has 0 heterocycles. The summed E-state index contributed by atoms with van der Waals surface area (Å²) in [5.41, 5.74) is 1.24. The molecule has 1 atom stereocenters. The molecule has 0 aromatic heterocycles. The highest BCUT2D eigenvalue weighted by molar-refractivity contribution is 6.12. The number of ketones is 1. The van der Waals surface area contributed by atoms with Gasteiger partial charge in [-0.2, -0.15) is 0 Å². The van der Waals surface area contributed by atoms with E-state index < -0.39 is 11.8 Å². The second-order valence-corrected chi connectivity index (χ2v) is 6.30. The van der Waals surface area contributed by atoms with Crippen LogP contribution in [0.25, 0.3) is 10.8 Å². The molecule has 27 heavy (non-hydrogen) atoms. The van der Waals surface area contributed by atoms with E-state index in [0.29, 0.717) is 11.4 Å². The average Bonchev–Trinajstić information content (AvgIpc) is 2.67. The molecule has 3 aromatic carbocycles. The van der Waals surface area contributed by atoms with Gasteiger partial charge >= 0.3 is 0 Å². The summed E-state index contributed by atoms with van der Waals surface area (Å²) in [5, 5.41) is 7.36. The number of hydrogen-bond acceptors (Lipinski definition) is 3. The summed E-state index contributed by atoms with van der Waals surface area (Å²) in [6.07, 6.45) is -0.208. The van der Waals surface area contributed by atoms with Crippen LogP contribution in [0.15, 0.2) is 72.8 Å². The molecular weight excluding hydrogens is 340 g/mol. The Morgan fingerprint density at radius 3 is 2.22 bits per heavy atom. The molecule has 0 saturated heterocycles. The summed E-state index contributed by atoms with van der Waals surface area (Å²) in [6.45, 7) is 1.32. The zero-order chi connectivity index (χ0) is 19.2. The molecule has 3 aromatic rings. The fourth-order valence-electron chi connectivity index (χ4n) is 2.89. The first-order chi connectivity index (χ1) is 13.0. The van der Waals surface area contributed by atoms with Crippen molar-refractivity contribution in [2.45, 2.75) is 13.3 Å². The smallest absolute Gasteiger partial charge is 0.235 e. The second-order valence-electron chi connectivity index (χ2n) is 6.30. The number of rotatable bonds is 6. The summed E-state index contributed by atoms with van der Waals surface area (Å²) < 4.78 is 0. The molecule has 1 unspecified atom stereocenters. The SMILES string of the molecule is CC(=O)C(CC(=O)Nc1ccccc1)C(=O)Nc1cccc2ccccc12. The van der Waals surface area contributed by atoms with E-state index in [9.17, 15) is 14.4 Å². The predicted octanol–water partition coefficient (Wildman–Crippen LogP) is 4.01. The number of Topliss-reactive ketones (excluding diaryl/α,β-unsaturated/α-hetero) is 1. The molecule has 0 aliphatic heterocycles. The molecule has 5 nitrogen and oxygen atoms in total. The van der Waals surface area contributed by atoms with Gasteiger partial charge in [0.25, 0.3) is 0 Å². The summed E-state index contributed by atoms with van der Waals surface area (Å²) in [7, 11) is 0. The van der Waals surface area contributed by atoms with Crippen LogP contribution in [-0.4, -0.2) is 17.6 Å². The van der Waals surface area contributed by atoms with Crippen molar-refractivity contribution in [3.8, 4) is 0 Å². The Bertz CT molecular complexity index is 978. The maximum Gasteiger partial charge on any atom is 0.235 e. The first kappa shape index (κ1) is 18.3. The van der Waals surface area contributed by atoms with Crippen LogP contribution in [0, 0.1) is 5.92 Å². The minimum Gasteiger partial charge on any atom is -0.326 e. The summed E-state index contributed by atoms with van der Waals surface area (Å²) in [5.74, 6) is -2.26. The van der Waals surface area contributed by atoms with Crippen molar-refractivity contribution in [3.05, 3.63) is 72.8 Å². The van der Waals surface area contributed by atoms with Crippen LogP contribution < -0.4 is 10.6 Å². The molecule has 0 saturated carbocycles. The molecule has 0 aliphatic rings. The van der Waals surface area contributed by atoms with Gasteiger partial charge in [0.2, 0.25) is 11.8 Å². The maximum atomic E-state index is 12.7. The summed E-state index contributed by atoms with van der Waals surface area (Å²) in [6, 6.07) is 22.1. The van der Waals surface area contributed by atoms with E-state index in [0.717, 1.165) is 10.8 Å². The van der Waals surface area contributed by atoms with E-state index in [4.69, 9.17) is 0 Å². The first-order valence-corrected chi connectivity index (χ1v) is 8.68. The molecule has 0 spiro atoms. The number of nitrogens with one attached hydrogen (secondary N) is 2. The van der Waals surface area contributed by atoms with Crippen LogP contribution in [0.5, 0.6) is 0 Å². The van der Waals surface area contributed by atoms with Crippen LogP contribution in [-0.2, 0) is 14.4 Å². The van der Waals surface area contributed by atoms with E-state index in [1.54, 1.807) is 30.3 Å². The Balaban J connectivity index is 1.73. The summed E-state index contributed by atoms with van der Waals surface area (Å²) >= 11 is 0. The predicted molar refractivity (Wildman–Crippen MR) is 106 cm³/mol. The quantitative estimate of drug-likeness (QED) is 0.652. The molecule has 0 radical (unpaired) electrons. The zero-order valence-corrected chi connectivity index (χ0v) is 14.9. The van der Waals surface area contributed by atoms with Gasteiger partial charge in [-0.05, 0) is 30.5 Å². The Labute approximate surface area is 157 Å². The average molecular weight is 360 g/mol. The fraction of sp³-hybridized carbons (Fsp3) is 0.136. The maximum absolute atomic E-state index is 12.7. The molecule has 3 rings (SSSR count). The van der Waals surface area contributed by atoms with Gasteiger partial charge < -0.3 is 10.6 Å². The van der Waals surface area contributed by atoms with Crippen molar-refractivity contribution in [1.29, 1.82) is 0 Å². The van der Waals surface area contributed by atoms with Gasteiger partial charge in [-0.25, -0.2) is 0 Å². The number of carbonyl (C=O) groups excluding carboxylic acids is 3. The van der Waals surface area contributed by atoms with Crippen LogP contribution >= 0.6 is 0 Å². The highest BCUT2D eigenvalue weighted by atomic mass is 16.2. The number of hydrogen-bond donors (Lipinski definition) is 2. The van der Waals surface area contributed by atoms with Crippen LogP contribution in [0.3, 0.4) is 0 Å². The first-order valence-electron chi connectivity index (χ1n) is 8.68. The van der Waals surface area contributed by atoms with Gasteiger partial charge in [0.15, 0.2) is 0 Å². The fourth-order valence-corrected chi connectivity index (χ4v) is 2.89. The molecule has 0 bridgehead atoms. The lowest BCUT2D eigenvalue weighted by molar-refractivity contribution is -0.133. The normalized spacial score (nSPS) is 11.6. The molecule has 2 amide bonds. The summed E-state index contributed by atoms with van der Waals surface area (Å²) in [4.78, 5) is 36.9. The lowest BCUT2D eigenvalue weighted by atomic mass is 9.99. The minimum atomic E-state index is -1.05. The largest absolute Gasteiger partial charge is 0.326 e. The van der Waals surface area contributed by atoms with E-state index in [2.05, 4.69) is 10.6 Å². The molecular formula is C22H20N2O3. The number of fused-ring (bicyclic) bond motifs is 1. The van der Waals surface area contributed by atoms with Crippen LogP contribution in [0.2, 0.25) is 0 Å². The van der Waals surface area contributed by atoms with Crippen molar-refractivity contribution in [3.63, 3.8) is 0 Å². The third kappa shape index (κ3) is 4.58. The van der Waals surface area contributed by atoms with Gasteiger partial charge in [-0.1, -0.05) is 54.6 Å². The van der Waals surface area contributed by atoms with Gasteiger partial charge in [0.1, 0.15) is 11.7 Å². The van der Waals surface area contributed by atoms with E-state index in [1.807, 2.05) is 42.5 Å². The molecule has 136 valence electrons. The highest BCUT2D eigenvalue weighted by Gasteiger charge is 2.26. The number of anilines is 2. The number of carbonyl (C=O) groups is 3. The van der Waals surface area contributed by atoms with Crippen molar-refractivity contribution >= 4 is 39.7 Å². The van der Waals surface area contributed by atoms with Crippen molar-refractivity contribution in [2.24, 2.45) is 5.92 Å². The van der Waals surface area contributed by atoms with Crippen LogP contribution in [0.4, 0.5) is 11.4 Å². The standard InChI is InChI=1S/C22H20N2O3/c1-15(25)19(14-21(26)23-17-10-3-2-4-11-17)22(27)24-20-13-7-9-16-8-5-6-12-18(16)20/h2-13,19H,14H2,1H3,(H,23,26)(H,24,27). The zero-order valence-electron chi connectivity index (χ0n) is 14.9. The second kappa shape index (κ2) is 8.27. The molecule has 2 N–H and O–H groups in total. The van der Waals surface area contributed by atoms with Crippen molar-refractivity contribution < 1.29 is 14.4 Å². The highest BCUT2D eigenvalue weighted by Crippen LogP contribution is 2.24. The number of amides is 2. The minimum absolute atomic E-state index is 0.208. The molecule has 5 heteroatoms. The monoisotopic (exact) mass is 360 g/mol. The van der Waals surface area contributed by atoms with Crippen molar-refractivity contribution in [1.82, 2.24) is 0 Å². The Kier molecular flexibility index (Phi) is 5.61. The topological polar surface area (TPSA) is 75.3 Å². The molecule has 0 aliphatic carbocycles. The lowest BCUT2D eigenvalue weighted by Gasteiger charge is -2.15. The number of para-hydroxylation sites is 1. The van der Waals surface area contributed by atoms with Gasteiger partial charge in [0.05, 0.1) is 0 Å². The Morgan fingerprint density at radius 1 is 0.815 bits per heavy atom. The van der Waals surface area contributed by atoms with Crippen LogP contribution in [0.1, 0.15) is 13.3 Å². The third-order valence-electron chi connectivity index (χ3n) is 4.30. The van der Waals surface area contributed by atoms with Gasteiger partial charge in [-0.3, -0.25) is 14.4 Å². The third-order valence-corrected chi connectivity index (χ3v) is 4.30. The molecule has 0 fully saturated rings. The Hall–Kier alpha value is -3.47. The van der Waals surface area contributed by atoms with E-state index in [1.165, 1.54) is 6.92 Å². The Morgan fingerprint density at radius 2 is 1.48 bits per heavy atom. The van der Waals surface area contributed by atoms with Gasteiger partial charge in [0, 0.05) is 23.2 Å². The van der Waals surface area contributed by atoms with Crippen molar-refractivity contribution in [2.75, 3.05) is 10.6 Å².